The van der Waals surface area contributed by atoms with E-state index in [-0.39, 0.29) is 0 Å². The fourth-order valence-corrected chi connectivity index (χ4v) is 5.17. The summed E-state index contributed by atoms with van der Waals surface area (Å²) in [5.41, 5.74) is 3.48. The van der Waals surface area contributed by atoms with Crippen molar-refractivity contribution in [3.8, 4) is 5.88 Å². The summed E-state index contributed by atoms with van der Waals surface area (Å²) in [6.45, 7) is 0. The first-order valence-electron chi connectivity index (χ1n) is 11.8. The quantitative estimate of drug-likeness (QED) is 0.420. The zero-order valence-electron chi connectivity index (χ0n) is 18.5. The monoisotopic (exact) mass is 427 g/mol. The molecule has 32 heavy (non-hydrogen) atoms. The number of rotatable bonds is 7. The molecule has 1 N–H and O–H groups in total. The molecule has 2 saturated carbocycles. The van der Waals surface area contributed by atoms with Crippen molar-refractivity contribution in [2.24, 2.45) is 5.92 Å². The maximum Gasteiger partial charge on any atom is 0.225 e. The summed E-state index contributed by atoms with van der Waals surface area (Å²) in [4.78, 5) is 13.6. The average Bonchev–Trinajstić information content (AvgIpc) is 3.33. The Morgan fingerprint density at radius 1 is 1.06 bits per heavy atom. The molecule has 0 radical (unpaired) electrons. The van der Waals surface area contributed by atoms with Crippen LogP contribution >= 0.6 is 0 Å². The zero-order valence-corrected chi connectivity index (χ0v) is 18.5. The van der Waals surface area contributed by atoms with Crippen LogP contribution in [0.25, 0.3) is 21.9 Å². The van der Waals surface area contributed by atoms with Crippen LogP contribution in [0.1, 0.15) is 50.1 Å². The predicted octanol–water partition coefficient (Wildman–Crippen LogP) is 5.54. The molecule has 0 aliphatic heterocycles. The molecule has 6 rings (SSSR count). The minimum atomic E-state index is 0.506. The molecule has 2 aliphatic rings. The first kappa shape index (κ1) is 19.5. The number of hydrogen-bond acceptors (Lipinski definition) is 5. The second kappa shape index (κ2) is 8.08. The van der Waals surface area contributed by atoms with Crippen LogP contribution < -0.4 is 10.1 Å². The number of aromatic nitrogens is 4. The normalized spacial score (nSPS) is 20.8. The molecule has 2 aliphatic carbocycles. The number of anilines is 1. The highest BCUT2D eigenvalue weighted by molar-refractivity contribution is 5.82. The highest BCUT2D eigenvalue weighted by Crippen LogP contribution is 2.39. The maximum atomic E-state index is 5.40. The van der Waals surface area contributed by atoms with Crippen LogP contribution in [0.3, 0.4) is 0 Å². The minimum Gasteiger partial charge on any atom is -0.480 e. The summed E-state index contributed by atoms with van der Waals surface area (Å²) < 4.78 is 7.73. The van der Waals surface area contributed by atoms with Gasteiger partial charge in [-0.2, -0.15) is 0 Å². The second-order valence-corrected chi connectivity index (χ2v) is 9.36. The molecule has 6 heteroatoms. The van der Waals surface area contributed by atoms with Gasteiger partial charge in [-0.15, -0.1) is 0 Å². The molecule has 3 aromatic heterocycles. The van der Waals surface area contributed by atoms with Gasteiger partial charge in [-0.05, 0) is 80.7 Å². The molecule has 2 fully saturated rings. The van der Waals surface area contributed by atoms with E-state index in [1.807, 2.05) is 0 Å². The lowest BCUT2D eigenvalue weighted by Crippen LogP contribution is -2.06. The Morgan fingerprint density at radius 3 is 2.84 bits per heavy atom. The second-order valence-electron chi connectivity index (χ2n) is 9.36. The van der Waals surface area contributed by atoms with Gasteiger partial charge >= 0.3 is 0 Å². The van der Waals surface area contributed by atoms with Gasteiger partial charge in [-0.3, -0.25) is 0 Å². The lowest BCUT2D eigenvalue weighted by atomic mass is 9.97. The molecule has 3 heterocycles. The van der Waals surface area contributed by atoms with Crippen molar-refractivity contribution in [3.05, 3.63) is 54.5 Å². The highest BCUT2D eigenvalue weighted by Gasteiger charge is 2.27. The van der Waals surface area contributed by atoms with Crippen molar-refractivity contribution in [3.63, 3.8) is 0 Å². The molecule has 164 valence electrons. The standard InChI is InChI=1S/C26H29N5O/c1-32-26-22-12-13-31(25(22)27-16-28-26)21-10-5-17(14-21)2-3-18-4-6-19-7-11-24(29-20-8-9-20)30-23(19)15-18/h4,6-7,11-13,15-17,20-21H,2-3,5,8-10,14H2,1H3,(H,29,30). The number of hydrogen-bond donors (Lipinski definition) is 1. The smallest absolute Gasteiger partial charge is 0.225 e. The number of nitrogens with zero attached hydrogens (tertiary/aromatic N) is 4. The Bertz CT molecular complexity index is 1260. The Hall–Kier alpha value is -3.15. The topological polar surface area (TPSA) is 64.9 Å². The lowest BCUT2D eigenvalue weighted by molar-refractivity contribution is 0.402. The number of methoxy groups -OCH3 is 1. The number of aryl methyl sites for hydroxylation is 1. The summed E-state index contributed by atoms with van der Waals surface area (Å²) in [5, 5.41) is 5.73. The van der Waals surface area contributed by atoms with Gasteiger partial charge in [-0.1, -0.05) is 12.1 Å². The molecular weight excluding hydrogens is 398 g/mol. The fraction of sp³-hybridized carbons (Fsp3) is 0.423. The van der Waals surface area contributed by atoms with Gasteiger partial charge in [0.2, 0.25) is 5.88 Å². The van der Waals surface area contributed by atoms with Gasteiger partial charge in [0.1, 0.15) is 17.8 Å². The van der Waals surface area contributed by atoms with Gasteiger partial charge in [-0.25, -0.2) is 15.0 Å². The summed E-state index contributed by atoms with van der Waals surface area (Å²) in [5.74, 6) is 2.41. The van der Waals surface area contributed by atoms with Gasteiger partial charge in [0.25, 0.3) is 0 Å². The van der Waals surface area contributed by atoms with Crippen molar-refractivity contribution in [2.75, 3.05) is 12.4 Å². The van der Waals surface area contributed by atoms with Crippen molar-refractivity contribution >= 4 is 27.8 Å². The number of ether oxygens (including phenoxy) is 1. The summed E-state index contributed by atoms with van der Waals surface area (Å²) >= 11 is 0. The van der Waals surface area contributed by atoms with E-state index in [2.05, 4.69) is 62.4 Å². The van der Waals surface area contributed by atoms with E-state index in [0.717, 1.165) is 34.7 Å². The Kier molecular flexibility index (Phi) is 4.93. The number of pyridine rings is 1. The molecular formula is C26H29N5O. The fourth-order valence-electron chi connectivity index (χ4n) is 5.17. The third kappa shape index (κ3) is 3.78. The molecule has 2 atom stereocenters. The summed E-state index contributed by atoms with van der Waals surface area (Å²) in [6.07, 6.45) is 12.3. The largest absolute Gasteiger partial charge is 0.480 e. The van der Waals surface area contributed by atoms with Gasteiger partial charge < -0.3 is 14.6 Å². The first-order valence-corrected chi connectivity index (χ1v) is 11.8. The predicted molar refractivity (Wildman–Crippen MR) is 127 cm³/mol. The van der Waals surface area contributed by atoms with Gasteiger partial charge in [0.15, 0.2) is 0 Å². The van der Waals surface area contributed by atoms with Crippen molar-refractivity contribution in [1.82, 2.24) is 19.5 Å². The van der Waals surface area contributed by atoms with E-state index >= 15 is 0 Å². The van der Waals surface area contributed by atoms with E-state index in [9.17, 15) is 0 Å². The molecule has 6 nitrogen and oxygen atoms in total. The Morgan fingerprint density at radius 2 is 1.97 bits per heavy atom. The van der Waals surface area contributed by atoms with Crippen LogP contribution in [-0.4, -0.2) is 32.7 Å². The van der Waals surface area contributed by atoms with Crippen LogP contribution in [0, 0.1) is 5.92 Å². The first-order chi connectivity index (χ1) is 15.8. The van der Waals surface area contributed by atoms with Crippen LogP contribution in [0.4, 0.5) is 5.82 Å². The average molecular weight is 428 g/mol. The van der Waals surface area contributed by atoms with Gasteiger partial charge in [0.05, 0.1) is 18.0 Å². The van der Waals surface area contributed by atoms with E-state index in [1.54, 1.807) is 13.4 Å². The van der Waals surface area contributed by atoms with Crippen LogP contribution in [0.15, 0.2) is 48.9 Å². The Labute approximate surface area is 188 Å². The summed E-state index contributed by atoms with van der Waals surface area (Å²) in [7, 11) is 1.66. The van der Waals surface area contributed by atoms with Crippen molar-refractivity contribution in [2.45, 2.75) is 57.0 Å². The molecule has 2 unspecified atom stereocenters. The Balaban J connectivity index is 1.12. The highest BCUT2D eigenvalue weighted by atomic mass is 16.5. The van der Waals surface area contributed by atoms with E-state index in [4.69, 9.17) is 9.72 Å². The van der Waals surface area contributed by atoms with Crippen molar-refractivity contribution in [1.29, 1.82) is 0 Å². The number of benzene rings is 1. The third-order valence-electron chi connectivity index (χ3n) is 7.10. The lowest BCUT2D eigenvalue weighted by Gasteiger charge is -2.14. The van der Waals surface area contributed by atoms with E-state index in [0.29, 0.717) is 18.0 Å². The minimum absolute atomic E-state index is 0.506. The summed E-state index contributed by atoms with van der Waals surface area (Å²) in [6, 6.07) is 14.3. The molecule has 0 spiro atoms. The van der Waals surface area contributed by atoms with E-state index in [1.165, 1.54) is 49.5 Å². The number of nitrogens with one attached hydrogen (secondary N) is 1. The molecule has 0 bridgehead atoms. The van der Waals surface area contributed by atoms with Crippen LogP contribution in [0.5, 0.6) is 5.88 Å². The molecule has 1 aromatic carbocycles. The third-order valence-corrected chi connectivity index (χ3v) is 7.10. The SMILES string of the molecule is COc1ncnc2c1ccn2C1CCC(CCc2ccc3ccc(NC4CC4)nc3c2)C1. The van der Waals surface area contributed by atoms with Crippen LogP contribution in [0.2, 0.25) is 0 Å². The van der Waals surface area contributed by atoms with Crippen LogP contribution in [-0.2, 0) is 6.42 Å². The maximum absolute atomic E-state index is 5.40. The van der Waals surface area contributed by atoms with E-state index < -0.39 is 0 Å². The molecule has 4 aromatic rings. The van der Waals surface area contributed by atoms with Crippen molar-refractivity contribution < 1.29 is 4.74 Å². The molecule has 0 amide bonds. The number of fused-ring (bicyclic) bond motifs is 2. The van der Waals surface area contributed by atoms with Gasteiger partial charge in [0, 0.05) is 23.7 Å². The zero-order chi connectivity index (χ0) is 21.5. The molecule has 0 saturated heterocycles.